The molecule has 0 atom stereocenters. The summed E-state index contributed by atoms with van der Waals surface area (Å²) in [5.74, 6) is 0. The van der Waals surface area contributed by atoms with E-state index in [1.165, 1.54) is 12.1 Å². The molecule has 0 saturated heterocycles. The van der Waals surface area contributed by atoms with Crippen LogP contribution < -0.4 is 10.0 Å². The number of nitrogens with two attached hydrogens (primary N) is 1. The van der Waals surface area contributed by atoms with Gasteiger partial charge < -0.3 is 5.73 Å². The monoisotopic (exact) mass is 255 g/mol. The Bertz CT molecular complexity index is 435. The average Bonchev–Trinajstić information content (AvgIpc) is 2.02. The molecule has 0 spiro atoms. The zero-order valence-electron chi connectivity index (χ0n) is 7.99. The minimum atomic E-state index is -4.45. The molecule has 1 aromatic carbocycles. The van der Waals surface area contributed by atoms with Crippen molar-refractivity contribution in [3.63, 3.8) is 0 Å². The SMILES string of the molecule is NC(=S)N(c1ccccc1)S(=O)(=O)O.[Na]. The van der Waals surface area contributed by atoms with E-state index in [2.05, 4.69) is 12.2 Å². The Balaban J connectivity index is 0.00000196. The number of nitrogens with zero attached hydrogens (tertiary/aromatic N) is 1. The Kier molecular flexibility index (Phi) is 5.71. The first-order chi connectivity index (χ1) is 6.43. The molecule has 0 aliphatic rings. The molecule has 0 bridgehead atoms. The van der Waals surface area contributed by atoms with Crippen LogP contribution in [0.25, 0.3) is 0 Å². The van der Waals surface area contributed by atoms with Crippen LogP contribution in [0.4, 0.5) is 5.69 Å². The zero-order valence-corrected chi connectivity index (χ0v) is 11.6. The third-order valence-corrected chi connectivity index (χ3v) is 2.59. The Labute approximate surface area is 115 Å². The molecule has 15 heavy (non-hydrogen) atoms. The molecular weight excluding hydrogens is 247 g/mol. The van der Waals surface area contributed by atoms with Gasteiger partial charge in [-0.15, -0.1) is 0 Å². The molecular formula is C7H8N2NaO3S2. The number of rotatable bonds is 2. The first-order valence-electron chi connectivity index (χ1n) is 3.55. The van der Waals surface area contributed by atoms with Gasteiger partial charge in [-0.2, -0.15) is 12.7 Å². The van der Waals surface area contributed by atoms with Crippen molar-refractivity contribution in [2.75, 3.05) is 4.31 Å². The van der Waals surface area contributed by atoms with Crippen molar-refractivity contribution >= 4 is 62.9 Å². The van der Waals surface area contributed by atoms with Crippen molar-refractivity contribution in [1.29, 1.82) is 0 Å². The molecule has 0 aliphatic heterocycles. The van der Waals surface area contributed by atoms with Gasteiger partial charge in [0.05, 0.1) is 5.69 Å². The van der Waals surface area contributed by atoms with Crippen LogP contribution in [0.15, 0.2) is 30.3 Å². The molecule has 0 heterocycles. The van der Waals surface area contributed by atoms with Gasteiger partial charge in [-0.05, 0) is 24.4 Å². The average molecular weight is 255 g/mol. The third-order valence-electron chi connectivity index (χ3n) is 1.42. The van der Waals surface area contributed by atoms with Crippen molar-refractivity contribution < 1.29 is 13.0 Å². The van der Waals surface area contributed by atoms with Crippen LogP contribution in [0.5, 0.6) is 0 Å². The second-order valence-electron chi connectivity index (χ2n) is 2.42. The summed E-state index contributed by atoms with van der Waals surface area (Å²) in [6.45, 7) is 0. The molecule has 3 N–H and O–H groups in total. The van der Waals surface area contributed by atoms with Gasteiger partial charge in [-0.3, -0.25) is 4.55 Å². The minimum absolute atomic E-state index is 0. The summed E-state index contributed by atoms with van der Waals surface area (Å²) < 4.78 is 31.1. The second-order valence-corrected chi connectivity index (χ2v) is 4.10. The molecule has 0 unspecified atom stereocenters. The standard InChI is InChI=1S/C7H8N2O3S2.Na/c8-7(13)9(14(10,11)12)6-4-2-1-3-5-6;/h1-5H,(H2,8,13)(H,10,11,12);. The minimum Gasteiger partial charge on any atom is -0.375 e. The van der Waals surface area contributed by atoms with Gasteiger partial charge >= 0.3 is 10.3 Å². The van der Waals surface area contributed by atoms with E-state index in [4.69, 9.17) is 10.3 Å². The number of hydrogen-bond donors (Lipinski definition) is 2. The number of hydrogen-bond acceptors (Lipinski definition) is 3. The molecule has 1 aromatic rings. The van der Waals surface area contributed by atoms with Crippen LogP contribution in [0.3, 0.4) is 0 Å². The molecule has 8 heteroatoms. The van der Waals surface area contributed by atoms with E-state index in [9.17, 15) is 8.42 Å². The summed E-state index contributed by atoms with van der Waals surface area (Å²) in [5, 5.41) is -0.432. The predicted molar refractivity (Wildman–Crippen MR) is 63.0 cm³/mol. The molecule has 77 valence electrons. The number of para-hydroxylation sites is 1. The normalized spacial score (nSPS) is 10.2. The summed E-state index contributed by atoms with van der Waals surface area (Å²) in [6, 6.07) is 7.84. The van der Waals surface area contributed by atoms with Gasteiger partial charge in [0.2, 0.25) is 0 Å². The van der Waals surface area contributed by atoms with Gasteiger partial charge in [-0.1, -0.05) is 18.2 Å². The zero-order chi connectivity index (χ0) is 10.8. The first kappa shape index (κ1) is 14.8. The third kappa shape index (κ3) is 4.06. The van der Waals surface area contributed by atoms with Crippen molar-refractivity contribution in [1.82, 2.24) is 0 Å². The van der Waals surface area contributed by atoms with Crippen molar-refractivity contribution in [3.05, 3.63) is 30.3 Å². The fourth-order valence-electron chi connectivity index (χ4n) is 0.938. The molecule has 0 saturated carbocycles. The summed E-state index contributed by atoms with van der Waals surface area (Å²) in [5.41, 5.74) is 5.37. The van der Waals surface area contributed by atoms with E-state index in [0.29, 0.717) is 4.31 Å². The quantitative estimate of drug-likeness (QED) is 0.447. The van der Waals surface area contributed by atoms with Crippen molar-refractivity contribution in [2.45, 2.75) is 0 Å². The molecule has 0 aromatic heterocycles. The number of benzene rings is 1. The summed E-state index contributed by atoms with van der Waals surface area (Å²) in [7, 11) is -4.45. The Hall–Kier alpha value is -0.180. The number of anilines is 1. The van der Waals surface area contributed by atoms with E-state index in [1.54, 1.807) is 18.2 Å². The smallest absolute Gasteiger partial charge is 0.366 e. The van der Waals surface area contributed by atoms with Gasteiger partial charge in [0.25, 0.3) is 0 Å². The van der Waals surface area contributed by atoms with E-state index >= 15 is 0 Å². The fourth-order valence-corrected chi connectivity index (χ4v) is 1.94. The molecule has 1 radical (unpaired) electrons. The molecule has 1 rings (SSSR count). The van der Waals surface area contributed by atoms with Gasteiger partial charge in [0.1, 0.15) is 0 Å². The van der Waals surface area contributed by atoms with Crippen molar-refractivity contribution in [2.24, 2.45) is 5.73 Å². The predicted octanol–water partition coefficient (Wildman–Crippen LogP) is 0.159. The molecule has 0 fully saturated rings. The molecule has 5 nitrogen and oxygen atoms in total. The Morgan fingerprint density at radius 3 is 2.13 bits per heavy atom. The van der Waals surface area contributed by atoms with E-state index in [-0.39, 0.29) is 35.2 Å². The first-order valence-corrected chi connectivity index (χ1v) is 5.35. The van der Waals surface area contributed by atoms with Crippen LogP contribution in [-0.4, -0.2) is 47.6 Å². The molecule has 0 aliphatic carbocycles. The van der Waals surface area contributed by atoms with Gasteiger partial charge in [-0.25, -0.2) is 0 Å². The topological polar surface area (TPSA) is 83.6 Å². The summed E-state index contributed by atoms with van der Waals surface area (Å²) >= 11 is 4.51. The van der Waals surface area contributed by atoms with Gasteiger partial charge in [0, 0.05) is 29.6 Å². The van der Waals surface area contributed by atoms with E-state index in [1.807, 2.05) is 0 Å². The van der Waals surface area contributed by atoms with Crippen LogP contribution in [0.1, 0.15) is 0 Å². The Morgan fingerprint density at radius 2 is 1.80 bits per heavy atom. The maximum absolute atomic E-state index is 10.9. The van der Waals surface area contributed by atoms with Crippen LogP contribution >= 0.6 is 12.2 Å². The van der Waals surface area contributed by atoms with Crippen molar-refractivity contribution in [3.8, 4) is 0 Å². The fraction of sp³-hybridized carbons (Fsp3) is 0. The van der Waals surface area contributed by atoms with Gasteiger partial charge in [0.15, 0.2) is 5.11 Å². The Morgan fingerprint density at radius 1 is 1.33 bits per heavy atom. The van der Waals surface area contributed by atoms with Crippen LogP contribution in [0.2, 0.25) is 0 Å². The second kappa shape index (κ2) is 5.78. The summed E-state index contributed by atoms with van der Waals surface area (Å²) in [4.78, 5) is 0. The van der Waals surface area contributed by atoms with Crippen LogP contribution in [0, 0.1) is 0 Å². The summed E-state index contributed by atoms with van der Waals surface area (Å²) in [6.07, 6.45) is 0. The maximum atomic E-state index is 10.9. The van der Waals surface area contributed by atoms with Crippen LogP contribution in [-0.2, 0) is 10.3 Å². The largest absolute Gasteiger partial charge is 0.375 e. The molecule has 0 amide bonds. The number of thiocarbonyl (C=S) groups is 1. The maximum Gasteiger partial charge on any atom is 0.366 e. The van der Waals surface area contributed by atoms with E-state index < -0.39 is 15.4 Å². The van der Waals surface area contributed by atoms with E-state index in [0.717, 1.165) is 0 Å².